The molecule has 6 nitrogen and oxygen atoms in total. The van der Waals surface area contributed by atoms with Crippen LogP contribution in [0.3, 0.4) is 0 Å². The number of tetrazole rings is 1. The Morgan fingerprint density at radius 1 is 1.20 bits per heavy atom. The predicted octanol–water partition coefficient (Wildman–Crippen LogP) is 2.56. The highest BCUT2D eigenvalue weighted by Crippen LogP contribution is 2.22. The van der Waals surface area contributed by atoms with E-state index in [9.17, 15) is 0 Å². The molecule has 0 unspecified atom stereocenters. The summed E-state index contributed by atoms with van der Waals surface area (Å²) in [5.74, 6) is 1.47. The number of nitrogens with zero attached hydrogens (tertiary/aromatic N) is 5. The van der Waals surface area contributed by atoms with E-state index < -0.39 is 0 Å². The van der Waals surface area contributed by atoms with Crippen LogP contribution in [0.15, 0.2) is 40.0 Å². The second kappa shape index (κ2) is 5.46. The maximum absolute atomic E-state index is 5.04. The molecule has 0 bridgehead atoms. The third kappa shape index (κ3) is 2.72. The lowest BCUT2D eigenvalue weighted by Crippen LogP contribution is -1.99. The van der Waals surface area contributed by atoms with Gasteiger partial charge in [-0.15, -0.1) is 5.10 Å². The highest BCUT2D eigenvalue weighted by atomic mass is 32.2. The van der Waals surface area contributed by atoms with Crippen molar-refractivity contribution in [1.82, 2.24) is 25.4 Å². The van der Waals surface area contributed by atoms with Crippen LogP contribution < -0.4 is 0 Å². The number of aryl methyl sites for hydroxylation is 2. The van der Waals surface area contributed by atoms with Crippen molar-refractivity contribution in [2.75, 3.05) is 0 Å². The zero-order valence-electron chi connectivity index (χ0n) is 11.1. The Labute approximate surface area is 120 Å². The molecule has 0 fully saturated rings. The molecule has 1 aromatic carbocycles. The van der Waals surface area contributed by atoms with Crippen molar-refractivity contribution in [3.8, 4) is 5.69 Å². The van der Waals surface area contributed by atoms with E-state index in [1.54, 1.807) is 4.68 Å². The van der Waals surface area contributed by atoms with Gasteiger partial charge in [0.15, 0.2) is 0 Å². The zero-order valence-corrected chi connectivity index (χ0v) is 12.0. The molecule has 0 atom stereocenters. The van der Waals surface area contributed by atoms with Gasteiger partial charge in [0.05, 0.1) is 11.4 Å². The summed E-state index contributed by atoms with van der Waals surface area (Å²) < 4.78 is 6.76. The quantitative estimate of drug-likeness (QED) is 0.687. The number of thioether (sulfide) groups is 1. The first-order valence-electron chi connectivity index (χ1n) is 6.13. The molecule has 0 radical (unpaired) electrons. The Morgan fingerprint density at radius 3 is 2.70 bits per heavy atom. The molecule has 7 heteroatoms. The van der Waals surface area contributed by atoms with Gasteiger partial charge in [-0.1, -0.05) is 34.6 Å². The lowest BCUT2D eigenvalue weighted by atomic mass is 10.2. The molecule has 102 valence electrons. The standard InChI is InChI=1S/C13H13N5OS/c1-9-3-5-12(6-4-9)18-13(14-16-17-18)20-8-11-7-10(2)19-15-11/h3-7H,8H2,1-2H3. The van der Waals surface area contributed by atoms with Gasteiger partial charge in [-0.2, -0.15) is 4.68 Å². The van der Waals surface area contributed by atoms with Gasteiger partial charge < -0.3 is 4.52 Å². The second-order valence-corrected chi connectivity index (χ2v) is 5.37. The lowest BCUT2D eigenvalue weighted by Gasteiger charge is -2.03. The van der Waals surface area contributed by atoms with E-state index in [-0.39, 0.29) is 0 Å². The van der Waals surface area contributed by atoms with E-state index in [1.807, 2.05) is 44.2 Å². The Morgan fingerprint density at radius 2 is 2.00 bits per heavy atom. The van der Waals surface area contributed by atoms with Gasteiger partial charge in [0.1, 0.15) is 5.76 Å². The lowest BCUT2D eigenvalue weighted by molar-refractivity contribution is 0.393. The van der Waals surface area contributed by atoms with Gasteiger partial charge >= 0.3 is 0 Å². The number of aromatic nitrogens is 5. The van der Waals surface area contributed by atoms with Gasteiger partial charge in [0.2, 0.25) is 5.16 Å². The summed E-state index contributed by atoms with van der Waals surface area (Å²) in [7, 11) is 0. The summed E-state index contributed by atoms with van der Waals surface area (Å²) in [6.07, 6.45) is 0. The monoisotopic (exact) mass is 287 g/mol. The maximum Gasteiger partial charge on any atom is 0.214 e. The minimum absolute atomic E-state index is 0.670. The number of rotatable bonds is 4. The second-order valence-electron chi connectivity index (χ2n) is 4.43. The van der Waals surface area contributed by atoms with E-state index in [1.165, 1.54) is 17.3 Å². The fraction of sp³-hybridized carbons (Fsp3) is 0.231. The first-order chi connectivity index (χ1) is 9.72. The molecule has 0 spiro atoms. The van der Waals surface area contributed by atoms with Crippen molar-refractivity contribution in [3.63, 3.8) is 0 Å². The third-order valence-electron chi connectivity index (χ3n) is 2.75. The van der Waals surface area contributed by atoms with Gasteiger partial charge in [0, 0.05) is 11.8 Å². The Kier molecular flexibility index (Phi) is 3.51. The third-order valence-corrected chi connectivity index (χ3v) is 3.70. The first-order valence-corrected chi connectivity index (χ1v) is 7.11. The van der Waals surface area contributed by atoms with Crippen LogP contribution in [0.5, 0.6) is 0 Å². The van der Waals surface area contributed by atoms with Crippen molar-refractivity contribution < 1.29 is 4.52 Å². The molecular weight excluding hydrogens is 274 g/mol. The van der Waals surface area contributed by atoms with E-state index >= 15 is 0 Å². The molecule has 3 aromatic rings. The molecule has 0 amide bonds. The van der Waals surface area contributed by atoms with Crippen LogP contribution in [0.25, 0.3) is 5.69 Å². The molecular formula is C13H13N5OS. The number of hydrogen-bond donors (Lipinski definition) is 0. The Hall–Kier alpha value is -2.15. The molecule has 0 N–H and O–H groups in total. The van der Waals surface area contributed by atoms with Crippen LogP contribution in [-0.2, 0) is 5.75 Å². The van der Waals surface area contributed by atoms with Crippen molar-refractivity contribution in [2.24, 2.45) is 0 Å². The average Bonchev–Trinajstić information content (AvgIpc) is 3.06. The SMILES string of the molecule is Cc1ccc(-n2nnnc2SCc2cc(C)on2)cc1. The molecule has 3 rings (SSSR count). The van der Waals surface area contributed by atoms with Gasteiger partial charge in [-0.05, 0) is 36.4 Å². The number of benzene rings is 1. The fourth-order valence-corrected chi connectivity index (χ4v) is 2.51. The molecule has 2 heterocycles. The average molecular weight is 287 g/mol. The smallest absolute Gasteiger partial charge is 0.214 e. The Balaban J connectivity index is 1.78. The normalized spacial score (nSPS) is 10.9. The molecule has 0 saturated carbocycles. The van der Waals surface area contributed by atoms with E-state index in [4.69, 9.17) is 4.52 Å². The van der Waals surface area contributed by atoms with Gasteiger partial charge in [-0.3, -0.25) is 0 Å². The molecule has 0 saturated heterocycles. The summed E-state index contributed by atoms with van der Waals surface area (Å²) in [5.41, 5.74) is 3.03. The van der Waals surface area contributed by atoms with E-state index in [0.29, 0.717) is 5.75 Å². The van der Waals surface area contributed by atoms with Gasteiger partial charge in [-0.25, -0.2) is 0 Å². The molecule has 20 heavy (non-hydrogen) atoms. The molecule has 0 aliphatic heterocycles. The fourth-order valence-electron chi connectivity index (χ4n) is 1.74. The van der Waals surface area contributed by atoms with Crippen LogP contribution in [-0.4, -0.2) is 25.4 Å². The maximum atomic E-state index is 5.04. The summed E-state index contributed by atoms with van der Waals surface area (Å²) in [5, 5.41) is 16.5. The van der Waals surface area contributed by atoms with E-state index in [2.05, 4.69) is 20.7 Å². The van der Waals surface area contributed by atoms with Gasteiger partial charge in [0.25, 0.3) is 0 Å². The highest BCUT2D eigenvalue weighted by molar-refractivity contribution is 7.98. The van der Waals surface area contributed by atoms with Crippen LogP contribution in [0, 0.1) is 13.8 Å². The Bertz CT molecular complexity index is 704. The van der Waals surface area contributed by atoms with E-state index in [0.717, 1.165) is 22.3 Å². The van der Waals surface area contributed by atoms with Crippen molar-refractivity contribution in [1.29, 1.82) is 0 Å². The zero-order chi connectivity index (χ0) is 13.9. The molecule has 2 aromatic heterocycles. The van der Waals surface area contributed by atoms with Crippen LogP contribution in [0.4, 0.5) is 0 Å². The minimum atomic E-state index is 0.670. The summed E-state index contributed by atoms with van der Waals surface area (Å²) in [6.45, 7) is 3.92. The molecule has 0 aliphatic rings. The topological polar surface area (TPSA) is 69.6 Å². The summed E-state index contributed by atoms with van der Waals surface area (Å²) in [6, 6.07) is 9.97. The minimum Gasteiger partial charge on any atom is -0.361 e. The number of hydrogen-bond acceptors (Lipinski definition) is 6. The highest BCUT2D eigenvalue weighted by Gasteiger charge is 2.10. The largest absolute Gasteiger partial charge is 0.361 e. The van der Waals surface area contributed by atoms with Crippen LogP contribution in [0.1, 0.15) is 17.0 Å². The predicted molar refractivity (Wildman–Crippen MR) is 74.7 cm³/mol. The first kappa shape index (κ1) is 12.9. The summed E-state index contributed by atoms with van der Waals surface area (Å²) in [4.78, 5) is 0. The van der Waals surface area contributed by atoms with Crippen molar-refractivity contribution in [3.05, 3.63) is 47.3 Å². The summed E-state index contributed by atoms with van der Waals surface area (Å²) >= 11 is 1.52. The van der Waals surface area contributed by atoms with Crippen molar-refractivity contribution in [2.45, 2.75) is 24.8 Å². The van der Waals surface area contributed by atoms with Crippen molar-refractivity contribution >= 4 is 11.8 Å². The molecule has 0 aliphatic carbocycles. The van der Waals surface area contributed by atoms with Crippen LogP contribution in [0.2, 0.25) is 0 Å². The van der Waals surface area contributed by atoms with Crippen LogP contribution >= 0.6 is 11.8 Å².